The van der Waals surface area contributed by atoms with Gasteiger partial charge in [-0.2, -0.15) is 11.8 Å². The third-order valence-corrected chi connectivity index (χ3v) is 4.66. The number of aromatic nitrogens is 2. The van der Waals surface area contributed by atoms with Gasteiger partial charge in [0.1, 0.15) is 11.5 Å². The SMILES string of the molecule is CN(C)c1ccc2nc(C3CCSC3)c(N)n2c1. The zero-order valence-corrected chi connectivity index (χ0v) is 11.6. The van der Waals surface area contributed by atoms with Crippen LogP contribution in [0, 0.1) is 0 Å². The summed E-state index contributed by atoms with van der Waals surface area (Å²) in [5.41, 5.74) is 9.43. The molecule has 0 bridgehead atoms. The normalized spacial score (nSPS) is 19.6. The van der Waals surface area contributed by atoms with E-state index in [2.05, 4.69) is 17.2 Å². The Morgan fingerprint density at radius 3 is 2.94 bits per heavy atom. The monoisotopic (exact) mass is 262 g/mol. The molecule has 1 aliphatic heterocycles. The van der Waals surface area contributed by atoms with Crippen molar-refractivity contribution in [2.45, 2.75) is 12.3 Å². The molecule has 2 aromatic rings. The topological polar surface area (TPSA) is 46.6 Å². The van der Waals surface area contributed by atoms with Gasteiger partial charge in [0.2, 0.25) is 0 Å². The summed E-state index contributed by atoms with van der Waals surface area (Å²) in [6, 6.07) is 4.12. The maximum atomic E-state index is 6.26. The van der Waals surface area contributed by atoms with Crippen molar-refractivity contribution in [3.05, 3.63) is 24.0 Å². The Kier molecular flexibility index (Phi) is 2.86. The lowest BCUT2D eigenvalue weighted by Crippen LogP contribution is -2.09. The summed E-state index contributed by atoms with van der Waals surface area (Å²) in [6.45, 7) is 0. The Morgan fingerprint density at radius 1 is 1.44 bits per heavy atom. The summed E-state index contributed by atoms with van der Waals surface area (Å²) >= 11 is 1.99. The van der Waals surface area contributed by atoms with Gasteiger partial charge in [0, 0.05) is 32.0 Å². The Balaban J connectivity index is 2.09. The molecule has 1 unspecified atom stereocenters. The highest BCUT2D eigenvalue weighted by atomic mass is 32.2. The first-order chi connectivity index (χ1) is 8.66. The lowest BCUT2D eigenvalue weighted by Gasteiger charge is -2.12. The average Bonchev–Trinajstić information content (AvgIpc) is 2.97. The van der Waals surface area contributed by atoms with Crippen LogP contribution in [0.4, 0.5) is 11.5 Å². The third kappa shape index (κ3) is 1.82. The number of thioether (sulfide) groups is 1. The largest absolute Gasteiger partial charge is 0.383 e. The molecule has 0 aromatic carbocycles. The number of nitrogens with two attached hydrogens (primary N) is 1. The number of anilines is 2. The van der Waals surface area contributed by atoms with Crippen LogP contribution in [-0.2, 0) is 0 Å². The molecule has 0 saturated carbocycles. The van der Waals surface area contributed by atoms with Gasteiger partial charge in [-0.3, -0.25) is 4.40 Å². The maximum absolute atomic E-state index is 6.26. The van der Waals surface area contributed by atoms with Crippen LogP contribution in [0.25, 0.3) is 5.65 Å². The van der Waals surface area contributed by atoms with Crippen molar-refractivity contribution < 1.29 is 0 Å². The molecule has 2 aromatic heterocycles. The van der Waals surface area contributed by atoms with Gasteiger partial charge < -0.3 is 10.6 Å². The van der Waals surface area contributed by atoms with Gasteiger partial charge in [-0.25, -0.2) is 4.98 Å². The van der Waals surface area contributed by atoms with Crippen molar-refractivity contribution in [2.75, 3.05) is 36.2 Å². The van der Waals surface area contributed by atoms with Gasteiger partial charge in [-0.05, 0) is 24.3 Å². The molecule has 0 spiro atoms. The molecule has 18 heavy (non-hydrogen) atoms. The second-order valence-corrected chi connectivity index (χ2v) is 6.10. The zero-order valence-electron chi connectivity index (χ0n) is 10.8. The van der Waals surface area contributed by atoms with Crippen LogP contribution in [0.1, 0.15) is 18.0 Å². The molecule has 4 nitrogen and oxygen atoms in total. The maximum Gasteiger partial charge on any atom is 0.138 e. The van der Waals surface area contributed by atoms with Crippen molar-refractivity contribution in [1.82, 2.24) is 9.38 Å². The highest BCUT2D eigenvalue weighted by Gasteiger charge is 2.23. The summed E-state index contributed by atoms with van der Waals surface area (Å²) in [5, 5.41) is 0. The van der Waals surface area contributed by atoms with E-state index in [1.807, 2.05) is 36.3 Å². The van der Waals surface area contributed by atoms with E-state index in [-0.39, 0.29) is 0 Å². The Labute approximate surface area is 111 Å². The minimum absolute atomic E-state index is 0.526. The lowest BCUT2D eigenvalue weighted by atomic mass is 10.1. The Bertz CT molecular complexity index is 570. The number of hydrogen-bond acceptors (Lipinski definition) is 4. The van der Waals surface area contributed by atoms with Crippen molar-refractivity contribution in [3.63, 3.8) is 0 Å². The van der Waals surface area contributed by atoms with Crippen LogP contribution in [0.2, 0.25) is 0 Å². The Hall–Kier alpha value is -1.36. The van der Waals surface area contributed by atoms with Crippen LogP contribution in [0.3, 0.4) is 0 Å². The van der Waals surface area contributed by atoms with E-state index in [0.29, 0.717) is 5.92 Å². The van der Waals surface area contributed by atoms with E-state index < -0.39 is 0 Å². The van der Waals surface area contributed by atoms with Gasteiger partial charge >= 0.3 is 0 Å². The number of fused-ring (bicyclic) bond motifs is 1. The summed E-state index contributed by atoms with van der Waals surface area (Å²) in [5.74, 6) is 3.70. The zero-order chi connectivity index (χ0) is 12.7. The van der Waals surface area contributed by atoms with E-state index in [0.717, 1.165) is 28.6 Å². The molecule has 2 N–H and O–H groups in total. The Morgan fingerprint density at radius 2 is 2.28 bits per heavy atom. The number of nitrogen functional groups attached to an aromatic ring is 1. The molecular formula is C13H18N4S. The van der Waals surface area contributed by atoms with Crippen molar-refractivity contribution in [1.29, 1.82) is 0 Å². The lowest BCUT2D eigenvalue weighted by molar-refractivity contribution is 0.762. The molecule has 1 saturated heterocycles. The molecule has 0 radical (unpaired) electrons. The first-order valence-corrected chi connectivity index (χ1v) is 7.35. The number of imidazole rings is 1. The molecule has 96 valence electrons. The van der Waals surface area contributed by atoms with E-state index in [1.54, 1.807) is 0 Å². The van der Waals surface area contributed by atoms with Crippen LogP contribution in [-0.4, -0.2) is 35.0 Å². The predicted octanol–water partition coefficient (Wildman–Crippen LogP) is 2.20. The smallest absolute Gasteiger partial charge is 0.138 e. The van der Waals surface area contributed by atoms with E-state index >= 15 is 0 Å². The predicted molar refractivity (Wildman–Crippen MR) is 78.6 cm³/mol. The van der Waals surface area contributed by atoms with Crippen LogP contribution in [0.5, 0.6) is 0 Å². The fraction of sp³-hybridized carbons (Fsp3) is 0.462. The minimum Gasteiger partial charge on any atom is -0.383 e. The quantitative estimate of drug-likeness (QED) is 0.901. The summed E-state index contributed by atoms with van der Waals surface area (Å²) < 4.78 is 2.01. The molecule has 0 aliphatic carbocycles. The molecule has 3 rings (SSSR count). The molecule has 5 heteroatoms. The van der Waals surface area contributed by atoms with E-state index in [1.165, 1.54) is 12.2 Å². The number of hydrogen-bond donors (Lipinski definition) is 1. The van der Waals surface area contributed by atoms with Crippen molar-refractivity contribution in [3.8, 4) is 0 Å². The van der Waals surface area contributed by atoms with Gasteiger partial charge in [0.25, 0.3) is 0 Å². The highest BCUT2D eigenvalue weighted by Crippen LogP contribution is 2.35. The summed E-state index contributed by atoms with van der Waals surface area (Å²) in [7, 11) is 4.06. The molecular weight excluding hydrogens is 244 g/mol. The summed E-state index contributed by atoms with van der Waals surface area (Å²) in [4.78, 5) is 6.77. The first-order valence-electron chi connectivity index (χ1n) is 6.19. The number of pyridine rings is 1. The molecule has 0 amide bonds. The van der Waals surface area contributed by atoms with Crippen LogP contribution in [0.15, 0.2) is 18.3 Å². The second-order valence-electron chi connectivity index (χ2n) is 4.95. The minimum atomic E-state index is 0.526. The van der Waals surface area contributed by atoms with Crippen LogP contribution >= 0.6 is 11.8 Å². The van der Waals surface area contributed by atoms with E-state index in [9.17, 15) is 0 Å². The fourth-order valence-electron chi connectivity index (χ4n) is 2.38. The molecule has 3 heterocycles. The van der Waals surface area contributed by atoms with Crippen LogP contribution < -0.4 is 10.6 Å². The second kappa shape index (κ2) is 4.39. The average molecular weight is 262 g/mol. The first kappa shape index (κ1) is 11.7. The number of rotatable bonds is 2. The van der Waals surface area contributed by atoms with Crippen molar-refractivity contribution in [2.24, 2.45) is 0 Å². The van der Waals surface area contributed by atoms with Crippen molar-refractivity contribution >= 4 is 28.9 Å². The van der Waals surface area contributed by atoms with Gasteiger partial charge in [-0.15, -0.1) is 0 Å². The standard InChI is InChI=1S/C13H18N4S/c1-16(2)10-3-4-11-15-12(9-5-6-18-8-9)13(14)17(11)7-10/h3-4,7,9H,5-6,8,14H2,1-2H3. The summed E-state index contributed by atoms with van der Waals surface area (Å²) in [6.07, 6.45) is 3.25. The fourth-order valence-corrected chi connectivity index (χ4v) is 3.61. The highest BCUT2D eigenvalue weighted by molar-refractivity contribution is 7.99. The van der Waals surface area contributed by atoms with Gasteiger partial charge in [0.05, 0.1) is 11.4 Å². The van der Waals surface area contributed by atoms with Gasteiger partial charge in [-0.1, -0.05) is 0 Å². The molecule has 1 fully saturated rings. The third-order valence-electron chi connectivity index (χ3n) is 3.50. The number of nitrogens with zero attached hydrogens (tertiary/aromatic N) is 3. The van der Waals surface area contributed by atoms with Gasteiger partial charge in [0.15, 0.2) is 0 Å². The van der Waals surface area contributed by atoms with E-state index in [4.69, 9.17) is 10.7 Å². The molecule has 1 aliphatic rings. The molecule has 1 atom stereocenters.